The minimum atomic E-state index is 0.373. The molecule has 1 aliphatic heterocycles. The van der Waals surface area contributed by atoms with Gasteiger partial charge in [0.25, 0.3) is 0 Å². The van der Waals surface area contributed by atoms with Gasteiger partial charge < -0.3 is 5.73 Å². The van der Waals surface area contributed by atoms with E-state index in [0.29, 0.717) is 6.04 Å². The van der Waals surface area contributed by atoms with Gasteiger partial charge >= 0.3 is 0 Å². The molecule has 1 aromatic heterocycles. The number of aromatic nitrogens is 2. The van der Waals surface area contributed by atoms with Gasteiger partial charge in [-0.05, 0) is 58.7 Å². The van der Waals surface area contributed by atoms with Crippen LogP contribution in [0.15, 0.2) is 12.4 Å². The van der Waals surface area contributed by atoms with Gasteiger partial charge in [0.1, 0.15) is 0 Å². The van der Waals surface area contributed by atoms with E-state index < -0.39 is 0 Å². The molecule has 4 heteroatoms. The van der Waals surface area contributed by atoms with Crippen LogP contribution in [0.5, 0.6) is 0 Å². The molecule has 100 valence electrons. The summed E-state index contributed by atoms with van der Waals surface area (Å²) in [5.41, 5.74) is 7.80. The number of hydrogen-bond donors (Lipinski definition) is 1. The molecule has 0 bridgehead atoms. The molecule has 0 radical (unpaired) electrons. The summed E-state index contributed by atoms with van der Waals surface area (Å²) in [6, 6.07) is 0.373. The first-order chi connectivity index (χ1) is 8.72. The maximum atomic E-state index is 5.63. The third-order valence-corrected chi connectivity index (χ3v) is 4.09. The fourth-order valence-electron chi connectivity index (χ4n) is 2.87. The molecule has 0 aromatic carbocycles. The summed E-state index contributed by atoms with van der Waals surface area (Å²) in [5.74, 6) is 0.821. The van der Waals surface area contributed by atoms with Crippen LogP contribution in [0.1, 0.15) is 43.6 Å². The maximum absolute atomic E-state index is 5.63. The summed E-state index contributed by atoms with van der Waals surface area (Å²) in [7, 11) is 0. The van der Waals surface area contributed by atoms with Crippen LogP contribution in [-0.4, -0.2) is 34.5 Å². The summed E-state index contributed by atoms with van der Waals surface area (Å²) >= 11 is 0. The van der Waals surface area contributed by atoms with Crippen molar-refractivity contribution in [1.29, 1.82) is 0 Å². The molecule has 18 heavy (non-hydrogen) atoms. The van der Waals surface area contributed by atoms with Crippen molar-refractivity contribution in [2.24, 2.45) is 11.7 Å². The first kappa shape index (κ1) is 13.4. The van der Waals surface area contributed by atoms with Crippen molar-refractivity contribution in [3.8, 4) is 0 Å². The predicted octanol–water partition coefficient (Wildman–Crippen LogP) is 1.91. The van der Waals surface area contributed by atoms with Crippen LogP contribution in [0.3, 0.4) is 0 Å². The van der Waals surface area contributed by atoms with Crippen molar-refractivity contribution in [3.05, 3.63) is 23.8 Å². The van der Waals surface area contributed by atoms with Gasteiger partial charge in [0.2, 0.25) is 0 Å². The summed E-state index contributed by atoms with van der Waals surface area (Å²) in [6.07, 6.45) is 7.26. The molecule has 1 atom stereocenters. The van der Waals surface area contributed by atoms with Crippen molar-refractivity contribution < 1.29 is 0 Å². The number of hydrogen-bond acceptors (Lipinski definition) is 4. The van der Waals surface area contributed by atoms with E-state index in [9.17, 15) is 0 Å². The molecule has 4 nitrogen and oxygen atoms in total. The first-order valence-corrected chi connectivity index (χ1v) is 6.94. The second kappa shape index (κ2) is 6.25. The smallest absolute Gasteiger partial charge is 0.0784 e. The second-order valence-corrected chi connectivity index (χ2v) is 5.26. The monoisotopic (exact) mass is 248 g/mol. The van der Waals surface area contributed by atoms with Gasteiger partial charge in [0.15, 0.2) is 0 Å². The summed E-state index contributed by atoms with van der Waals surface area (Å²) in [6.45, 7) is 7.41. The Morgan fingerprint density at radius 3 is 2.61 bits per heavy atom. The molecule has 0 spiro atoms. The fraction of sp³-hybridized carbons (Fsp3) is 0.714. The Morgan fingerprint density at radius 2 is 2.00 bits per heavy atom. The zero-order valence-corrected chi connectivity index (χ0v) is 11.5. The number of aryl methyl sites for hydroxylation is 1. The van der Waals surface area contributed by atoms with Crippen LogP contribution < -0.4 is 5.73 Å². The highest BCUT2D eigenvalue weighted by molar-refractivity contribution is 5.12. The lowest BCUT2D eigenvalue weighted by Gasteiger charge is -2.36. The standard InChI is InChI=1S/C14H24N4/c1-11-14(17-8-7-16-11)12(2)18-9-4-13(3-6-15)5-10-18/h7-8,12-13H,3-6,9-10,15H2,1-2H3. The predicted molar refractivity (Wildman–Crippen MR) is 73.2 cm³/mol. The third-order valence-electron chi connectivity index (χ3n) is 4.09. The Hall–Kier alpha value is -1.00. The van der Waals surface area contributed by atoms with Gasteiger partial charge in [-0.3, -0.25) is 14.9 Å². The van der Waals surface area contributed by atoms with E-state index in [1.807, 2.05) is 6.92 Å². The molecule has 2 rings (SSSR count). The van der Waals surface area contributed by atoms with Crippen LogP contribution in [0.25, 0.3) is 0 Å². The van der Waals surface area contributed by atoms with Gasteiger partial charge in [-0.1, -0.05) is 0 Å². The van der Waals surface area contributed by atoms with Crippen LogP contribution in [-0.2, 0) is 0 Å². The molecular formula is C14H24N4. The van der Waals surface area contributed by atoms with Crippen LogP contribution in [0, 0.1) is 12.8 Å². The highest BCUT2D eigenvalue weighted by Crippen LogP contribution is 2.27. The molecule has 0 saturated carbocycles. The highest BCUT2D eigenvalue weighted by atomic mass is 15.2. The number of likely N-dealkylation sites (tertiary alicyclic amines) is 1. The Labute approximate surface area is 110 Å². The van der Waals surface area contributed by atoms with Gasteiger partial charge in [0, 0.05) is 12.4 Å². The van der Waals surface area contributed by atoms with Crippen LogP contribution in [0.4, 0.5) is 0 Å². The van der Waals surface area contributed by atoms with Crippen molar-refractivity contribution in [3.63, 3.8) is 0 Å². The molecule has 2 heterocycles. The zero-order chi connectivity index (χ0) is 13.0. The fourth-order valence-corrected chi connectivity index (χ4v) is 2.87. The summed E-state index contributed by atoms with van der Waals surface area (Å²) in [4.78, 5) is 11.3. The van der Waals surface area contributed by atoms with Crippen LogP contribution >= 0.6 is 0 Å². The van der Waals surface area contributed by atoms with E-state index in [2.05, 4.69) is 21.8 Å². The lowest BCUT2D eigenvalue weighted by Crippen LogP contribution is -2.36. The quantitative estimate of drug-likeness (QED) is 0.884. The average molecular weight is 248 g/mol. The molecule has 1 aliphatic rings. The van der Waals surface area contributed by atoms with Crippen molar-refractivity contribution in [2.75, 3.05) is 19.6 Å². The first-order valence-electron chi connectivity index (χ1n) is 6.94. The summed E-state index contributed by atoms with van der Waals surface area (Å²) < 4.78 is 0. The molecular weight excluding hydrogens is 224 g/mol. The van der Waals surface area contributed by atoms with Crippen molar-refractivity contribution >= 4 is 0 Å². The Bertz CT molecular complexity index is 372. The molecule has 0 amide bonds. The van der Waals surface area contributed by atoms with Crippen molar-refractivity contribution in [2.45, 2.75) is 39.2 Å². The minimum Gasteiger partial charge on any atom is -0.330 e. The number of nitrogens with two attached hydrogens (primary N) is 1. The summed E-state index contributed by atoms with van der Waals surface area (Å²) in [5, 5.41) is 0. The van der Waals surface area contributed by atoms with Gasteiger partial charge in [-0.25, -0.2) is 0 Å². The van der Waals surface area contributed by atoms with Gasteiger partial charge in [-0.2, -0.15) is 0 Å². The largest absolute Gasteiger partial charge is 0.330 e. The van der Waals surface area contributed by atoms with E-state index in [0.717, 1.165) is 36.9 Å². The van der Waals surface area contributed by atoms with Gasteiger partial charge in [0.05, 0.1) is 17.4 Å². The lowest BCUT2D eigenvalue weighted by molar-refractivity contribution is 0.135. The van der Waals surface area contributed by atoms with E-state index in [1.165, 1.54) is 19.3 Å². The second-order valence-electron chi connectivity index (χ2n) is 5.26. The molecule has 1 fully saturated rings. The van der Waals surface area contributed by atoms with E-state index in [1.54, 1.807) is 12.4 Å². The number of nitrogens with zero attached hydrogens (tertiary/aromatic N) is 3. The zero-order valence-electron chi connectivity index (χ0n) is 11.5. The van der Waals surface area contributed by atoms with Crippen LogP contribution in [0.2, 0.25) is 0 Å². The topological polar surface area (TPSA) is 55.0 Å². The average Bonchev–Trinajstić information content (AvgIpc) is 2.40. The highest BCUT2D eigenvalue weighted by Gasteiger charge is 2.24. The Kier molecular flexibility index (Phi) is 4.66. The Morgan fingerprint density at radius 1 is 1.33 bits per heavy atom. The maximum Gasteiger partial charge on any atom is 0.0784 e. The van der Waals surface area contributed by atoms with E-state index in [-0.39, 0.29) is 0 Å². The van der Waals surface area contributed by atoms with Crippen molar-refractivity contribution in [1.82, 2.24) is 14.9 Å². The molecule has 1 aromatic rings. The molecule has 0 aliphatic carbocycles. The minimum absolute atomic E-state index is 0.373. The number of rotatable bonds is 4. The van der Waals surface area contributed by atoms with Gasteiger partial charge in [-0.15, -0.1) is 0 Å². The molecule has 2 N–H and O–H groups in total. The lowest BCUT2D eigenvalue weighted by atomic mass is 9.92. The third kappa shape index (κ3) is 3.06. The Balaban J connectivity index is 1.95. The molecule has 1 unspecified atom stereocenters. The molecule has 1 saturated heterocycles. The van der Waals surface area contributed by atoms with E-state index >= 15 is 0 Å². The normalized spacial score (nSPS) is 19.9. The van der Waals surface area contributed by atoms with E-state index in [4.69, 9.17) is 5.73 Å². The SMILES string of the molecule is Cc1nccnc1C(C)N1CCC(CCN)CC1. The number of piperidine rings is 1.